The second kappa shape index (κ2) is 13.1. The number of carbonyl (C=O) groups is 4. The van der Waals surface area contributed by atoms with Crippen molar-refractivity contribution in [3.05, 3.63) is 16.7 Å². The van der Waals surface area contributed by atoms with E-state index >= 15 is 0 Å². The lowest BCUT2D eigenvalue weighted by Crippen LogP contribution is -2.42. The van der Waals surface area contributed by atoms with Crippen LogP contribution in [0, 0.1) is 5.92 Å². The number of nitrogens with zero attached hydrogens (tertiary/aromatic N) is 3. The van der Waals surface area contributed by atoms with E-state index in [0.29, 0.717) is 5.65 Å². The Labute approximate surface area is 202 Å². The Morgan fingerprint density at radius 1 is 1.14 bits per heavy atom. The third kappa shape index (κ3) is 8.93. The first-order valence-electron chi connectivity index (χ1n) is 10.3. The molecule has 9 N–H and O–H groups in total. The number of carbonyl (C=O) groups excluding carboxylic acids is 1. The molecule has 0 saturated carbocycles. The Morgan fingerprint density at radius 3 is 2.22 bits per heavy atom. The summed E-state index contributed by atoms with van der Waals surface area (Å²) < 4.78 is 11.9. The maximum Gasteiger partial charge on any atom is 0.336 e. The Balaban J connectivity index is 0.000000426. The van der Waals surface area contributed by atoms with Gasteiger partial charge in [0.05, 0.1) is 25.8 Å². The third-order valence-electron chi connectivity index (χ3n) is 4.47. The van der Waals surface area contributed by atoms with E-state index in [9.17, 15) is 24.0 Å². The zero-order chi connectivity index (χ0) is 27.6. The van der Waals surface area contributed by atoms with Crippen molar-refractivity contribution < 1.29 is 49.1 Å². The zero-order valence-electron chi connectivity index (χ0n) is 19.4. The summed E-state index contributed by atoms with van der Waals surface area (Å²) >= 11 is 0. The lowest BCUT2D eigenvalue weighted by molar-refractivity contribution is -0.170. The van der Waals surface area contributed by atoms with Crippen molar-refractivity contribution in [3.63, 3.8) is 0 Å². The summed E-state index contributed by atoms with van der Waals surface area (Å²) in [6.07, 6.45) is -0.865. The number of aromatic nitrogens is 4. The highest BCUT2D eigenvalue weighted by Crippen LogP contribution is 2.15. The van der Waals surface area contributed by atoms with Crippen LogP contribution in [0.2, 0.25) is 0 Å². The number of aromatic amines is 1. The first-order valence-corrected chi connectivity index (χ1v) is 10.3. The Kier molecular flexibility index (Phi) is 10.9. The van der Waals surface area contributed by atoms with Crippen LogP contribution < -0.4 is 17.0 Å². The summed E-state index contributed by atoms with van der Waals surface area (Å²) in [4.78, 5) is 64.0. The van der Waals surface area contributed by atoms with Crippen LogP contribution >= 0.6 is 0 Å². The molecule has 2 rings (SSSR count). The molecule has 0 saturated heterocycles. The highest BCUT2D eigenvalue weighted by Gasteiger charge is 2.40. The number of aliphatic hydroxyl groups is 1. The molecule has 36 heavy (non-hydrogen) atoms. The molecule has 200 valence electrons. The number of esters is 1. The van der Waals surface area contributed by atoms with Crippen LogP contribution in [0.5, 0.6) is 0 Å². The van der Waals surface area contributed by atoms with Crippen molar-refractivity contribution in [2.45, 2.75) is 45.1 Å². The van der Waals surface area contributed by atoms with Gasteiger partial charge in [0.25, 0.3) is 5.56 Å². The van der Waals surface area contributed by atoms with Gasteiger partial charge in [-0.25, -0.2) is 9.78 Å². The van der Waals surface area contributed by atoms with Crippen LogP contribution in [0.15, 0.2) is 11.1 Å². The average molecular weight is 516 g/mol. The van der Waals surface area contributed by atoms with Gasteiger partial charge in [-0.05, 0) is 5.92 Å². The molecule has 1 atom stereocenters. The van der Waals surface area contributed by atoms with E-state index in [2.05, 4.69) is 15.0 Å². The molecule has 0 spiro atoms. The second-order valence-corrected chi connectivity index (χ2v) is 7.79. The van der Waals surface area contributed by atoms with Gasteiger partial charge < -0.3 is 41.4 Å². The summed E-state index contributed by atoms with van der Waals surface area (Å²) in [5.74, 6) is -5.47. The van der Waals surface area contributed by atoms with Gasteiger partial charge in [-0.2, -0.15) is 4.98 Å². The molecule has 0 bridgehead atoms. The van der Waals surface area contributed by atoms with Gasteiger partial charge in [0.15, 0.2) is 16.8 Å². The largest absolute Gasteiger partial charge is 0.481 e. The average Bonchev–Trinajstić information content (AvgIpc) is 3.15. The van der Waals surface area contributed by atoms with Crippen LogP contribution in [-0.2, 0) is 35.4 Å². The number of nitrogens with two attached hydrogens (primary N) is 2. The van der Waals surface area contributed by atoms with Gasteiger partial charge >= 0.3 is 23.9 Å². The number of hydrogen-bond acceptors (Lipinski definition) is 12. The van der Waals surface area contributed by atoms with Crippen LogP contribution in [0.1, 0.15) is 26.7 Å². The van der Waals surface area contributed by atoms with E-state index in [1.54, 1.807) is 0 Å². The number of nitrogen functional groups attached to an aromatic ring is 1. The maximum absolute atomic E-state index is 11.6. The van der Waals surface area contributed by atoms with E-state index in [-0.39, 0.29) is 37.3 Å². The van der Waals surface area contributed by atoms with Crippen molar-refractivity contribution >= 4 is 41.0 Å². The smallest absolute Gasteiger partial charge is 0.336 e. The Bertz CT molecular complexity index is 1130. The zero-order valence-corrected chi connectivity index (χ0v) is 19.4. The standard InChI is InChI=1S/C13H20N6O4.C6H8O7/c1-7(2)8(14)12(21)23-4-3-22-6-19-5-16-9-10(19)17-13(15)18-11(9)20;7-3(8)1-6(13,5(11)12)2-4(9)10/h5,7-8H,3-4,6,14H2,1-2H3,(H3,15,17,18,20);13H,1-2H2,(H,7,8)(H,9,10)(H,11,12)/t8-;/m0./s1. The number of carboxylic acids is 3. The normalized spacial score (nSPS) is 12.0. The molecule has 0 amide bonds. The number of carboxylic acid groups (broad SMARTS) is 3. The van der Waals surface area contributed by atoms with Crippen molar-refractivity contribution in [1.82, 2.24) is 19.5 Å². The van der Waals surface area contributed by atoms with E-state index in [1.165, 1.54) is 10.9 Å². The van der Waals surface area contributed by atoms with E-state index in [0.717, 1.165) is 0 Å². The predicted octanol–water partition coefficient (Wildman–Crippen LogP) is -2.05. The molecule has 0 aliphatic rings. The molecular formula is C19H28N6O11. The van der Waals surface area contributed by atoms with Gasteiger partial charge in [-0.15, -0.1) is 0 Å². The summed E-state index contributed by atoms with van der Waals surface area (Å²) in [5, 5.41) is 33.8. The molecule has 0 aliphatic carbocycles. The number of imidazole rings is 1. The van der Waals surface area contributed by atoms with Gasteiger partial charge in [0, 0.05) is 0 Å². The van der Waals surface area contributed by atoms with Crippen LogP contribution in [0.3, 0.4) is 0 Å². The minimum atomic E-state index is -2.74. The van der Waals surface area contributed by atoms with Crippen molar-refractivity contribution in [2.24, 2.45) is 11.7 Å². The molecule has 0 aliphatic heterocycles. The van der Waals surface area contributed by atoms with Gasteiger partial charge in [-0.1, -0.05) is 13.8 Å². The van der Waals surface area contributed by atoms with E-state index in [4.69, 9.17) is 41.4 Å². The van der Waals surface area contributed by atoms with Crippen LogP contribution in [0.4, 0.5) is 5.95 Å². The SMILES string of the molecule is CC(C)[C@H](N)C(=O)OCCOCn1cnc2c(=O)[nH]c(N)nc21.O=C(O)CC(O)(CC(=O)O)C(=O)O. The number of aliphatic carboxylic acids is 3. The molecule has 17 heteroatoms. The molecule has 0 unspecified atom stereocenters. The second-order valence-electron chi connectivity index (χ2n) is 7.79. The summed E-state index contributed by atoms with van der Waals surface area (Å²) in [5.41, 5.74) is 8.51. The first-order chi connectivity index (χ1) is 16.7. The van der Waals surface area contributed by atoms with Gasteiger partial charge in [0.2, 0.25) is 5.95 Å². The molecule has 0 radical (unpaired) electrons. The molecule has 0 fully saturated rings. The minimum absolute atomic E-state index is 0.000790. The number of ether oxygens (including phenoxy) is 2. The summed E-state index contributed by atoms with van der Waals surface area (Å²) in [7, 11) is 0. The molecular weight excluding hydrogens is 488 g/mol. The maximum atomic E-state index is 11.6. The van der Waals surface area contributed by atoms with Crippen molar-refractivity contribution in [1.29, 1.82) is 0 Å². The molecule has 0 aromatic carbocycles. The number of hydrogen-bond donors (Lipinski definition) is 7. The lowest BCUT2D eigenvalue weighted by atomic mass is 9.96. The molecule has 17 nitrogen and oxygen atoms in total. The lowest BCUT2D eigenvalue weighted by Gasteiger charge is -2.18. The number of H-pyrrole nitrogens is 1. The van der Waals surface area contributed by atoms with Gasteiger partial charge in [0.1, 0.15) is 19.4 Å². The number of rotatable bonds is 12. The topological polar surface area (TPSA) is 283 Å². The molecule has 2 aromatic rings. The van der Waals surface area contributed by atoms with Crippen molar-refractivity contribution in [2.75, 3.05) is 18.9 Å². The minimum Gasteiger partial charge on any atom is -0.481 e. The Morgan fingerprint density at radius 2 is 1.72 bits per heavy atom. The quantitative estimate of drug-likeness (QED) is 0.118. The van der Waals surface area contributed by atoms with Gasteiger partial charge in [-0.3, -0.25) is 28.7 Å². The molecule has 2 aromatic heterocycles. The van der Waals surface area contributed by atoms with Crippen LogP contribution in [-0.4, -0.2) is 88.7 Å². The van der Waals surface area contributed by atoms with E-state index in [1.807, 2.05) is 13.8 Å². The van der Waals surface area contributed by atoms with Crippen molar-refractivity contribution in [3.8, 4) is 0 Å². The fourth-order valence-corrected chi connectivity index (χ4v) is 2.51. The summed E-state index contributed by atoms with van der Waals surface area (Å²) in [6, 6.07) is -0.647. The fraction of sp³-hybridized carbons (Fsp3) is 0.526. The third-order valence-corrected chi connectivity index (χ3v) is 4.47. The summed E-state index contributed by atoms with van der Waals surface area (Å²) in [6.45, 7) is 4.04. The number of fused-ring (bicyclic) bond motifs is 1. The number of nitrogens with one attached hydrogen (secondary N) is 1. The Hall–Kier alpha value is -4.09. The van der Waals surface area contributed by atoms with Crippen LogP contribution in [0.25, 0.3) is 11.2 Å². The highest BCUT2D eigenvalue weighted by atomic mass is 16.6. The first kappa shape index (κ1) is 29.9. The monoisotopic (exact) mass is 516 g/mol. The molecule has 2 heterocycles. The highest BCUT2D eigenvalue weighted by molar-refractivity contribution is 5.88. The predicted molar refractivity (Wildman–Crippen MR) is 119 cm³/mol. The fourth-order valence-electron chi connectivity index (χ4n) is 2.51. The number of anilines is 1. The van der Waals surface area contributed by atoms with E-state index < -0.39 is 53.9 Å².